The highest BCUT2D eigenvalue weighted by molar-refractivity contribution is 6.05. The molecule has 0 saturated heterocycles. The number of nitrogens with one attached hydrogen (secondary N) is 2. The lowest BCUT2D eigenvalue weighted by molar-refractivity contribution is -0.169. The van der Waals surface area contributed by atoms with Gasteiger partial charge < -0.3 is 30.8 Å². The Morgan fingerprint density at radius 2 is 1.90 bits per heavy atom. The van der Waals surface area contributed by atoms with Gasteiger partial charge in [-0.1, -0.05) is 17.3 Å². The molecule has 160 valence electrons. The maximum Gasteiger partial charge on any atom is 0.351 e. The van der Waals surface area contributed by atoms with E-state index in [2.05, 4.69) is 10.5 Å². The predicted molar refractivity (Wildman–Crippen MR) is 108 cm³/mol. The minimum absolute atomic E-state index is 0.183. The van der Waals surface area contributed by atoms with Gasteiger partial charge in [-0.25, -0.2) is 9.59 Å². The van der Waals surface area contributed by atoms with E-state index in [1.165, 1.54) is 24.3 Å². The second-order valence-corrected chi connectivity index (χ2v) is 6.71. The van der Waals surface area contributed by atoms with Gasteiger partial charge in [0.2, 0.25) is 5.60 Å². The summed E-state index contributed by atoms with van der Waals surface area (Å²) in [7, 11) is 0. The Morgan fingerprint density at radius 1 is 1.19 bits per heavy atom. The quantitative estimate of drug-likeness (QED) is 0.190. The van der Waals surface area contributed by atoms with Crippen molar-refractivity contribution < 1.29 is 34.2 Å². The van der Waals surface area contributed by atoms with Crippen molar-refractivity contribution in [2.24, 2.45) is 10.9 Å². The lowest BCUT2D eigenvalue weighted by Gasteiger charge is -2.18. The molecule has 2 aromatic rings. The van der Waals surface area contributed by atoms with Crippen LogP contribution in [0.4, 0.5) is 5.69 Å². The first-order valence-electron chi connectivity index (χ1n) is 8.92. The molecule has 0 bridgehead atoms. The zero-order valence-electron chi connectivity index (χ0n) is 16.0. The third kappa shape index (κ3) is 4.96. The van der Waals surface area contributed by atoms with E-state index in [9.17, 15) is 19.5 Å². The van der Waals surface area contributed by atoms with Crippen molar-refractivity contribution in [2.75, 3.05) is 5.32 Å². The van der Waals surface area contributed by atoms with E-state index in [4.69, 9.17) is 25.8 Å². The van der Waals surface area contributed by atoms with Gasteiger partial charge in [0, 0.05) is 17.7 Å². The van der Waals surface area contributed by atoms with Crippen molar-refractivity contribution in [1.29, 1.82) is 5.41 Å². The van der Waals surface area contributed by atoms with Crippen LogP contribution in [-0.4, -0.2) is 45.4 Å². The van der Waals surface area contributed by atoms with Gasteiger partial charge in [-0.05, 0) is 36.4 Å². The van der Waals surface area contributed by atoms with Crippen LogP contribution in [0.25, 0.3) is 0 Å². The summed E-state index contributed by atoms with van der Waals surface area (Å²) >= 11 is 0. The summed E-state index contributed by atoms with van der Waals surface area (Å²) in [5.74, 6) is -3.45. The number of hydrogen-bond acceptors (Lipinski definition) is 7. The standard InChI is InChI=1S/C20H18N4O7/c21-19(22)23-13-6-4-11(5-7-13)17(27)30-14-3-1-2-12(8-14)15-9-20(18(28)29,31-24-15)10-16(25)26/h1-8H,9-10H2,(H,25,26)(H,28,29)(H4,21,22,23)/t20-/m0/s1. The van der Waals surface area contributed by atoms with E-state index in [0.29, 0.717) is 11.3 Å². The Balaban J connectivity index is 1.72. The van der Waals surface area contributed by atoms with E-state index in [-0.39, 0.29) is 29.4 Å². The van der Waals surface area contributed by atoms with E-state index in [1.54, 1.807) is 24.3 Å². The molecule has 11 nitrogen and oxygen atoms in total. The zero-order valence-corrected chi connectivity index (χ0v) is 16.0. The van der Waals surface area contributed by atoms with Crippen LogP contribution < -0.4 is 15.8 Å². The fourth-order valence-corrected chi connectivity index (χ4v) is 2.91. The highest BCUT2D eigenvalue weighted by atomic mass is 16.7. The van der Waals surface area contributed by atoms with Crippen molar-refractivity contribution in [3.8, 4) is 5.75 Å². The normalized spacial score (nSPS) is 17.2. The van der Waals surface area contributed by atoms with Gasteiger partial charge >= 0.3 is 17.9 Å². The summed E-state index contributed by atoms with van der Waals surface area (Å²) in [4.78, 5) is 39.9. The zero-order chi connectivity index (χ0) is 22.6. The van der Waals surface area contributed by atoms with Gasteiger partial charge in [-0.2, -0.15) is 0 Å². The molecule has 0 aliphatic carbocycles. The number of aliphatic carboxylic acids is 2. The predicted octanol–water partition coefficient (Wildman–Crippen LogP) is 1.63. The second kappa shape index (κ2) is 8.53. The number of nitrogens with zero attached hydrogens (tertiary/aromatic N) is 1. The number of nitrogens with two attached hydrogens (primary N) is 1. The van der Waals surface area contributed by atoms with E-state index in [1.807, 2.05) is 0 Å². The SMILES string of the molecule is N=C(N)Nc1ccc(C(=O)Oc2cccc(C3=NO[C@@](CC(=O)O)(C(=O)O)C3)c2)cc1. The van der Waals surface area contributed by atoms with Crippen molar-refractivity contribution in [3.05, 3.63) is 59.7 Å². The molecule has 0 fully saturated rings. The van der Waals surface area contributed by atoms with Gasteiger partial charge in [0.1, 0.15) is 5.75 Å². The highest BCUT2D eigenvalue weighted by Gasteiger charge is 2.49. The van der Waals surface area contributed by atoms with Crippen LogP contribution >= 0.6 is 0 Å². The van der Waals surface area contributed by atoms with Crippen LogP contribution in [0.15, 0.2) is 53.7 Å². The van der Waals surface area contributed by atoms with Gasteiger partial charge in [-0.3, -0.25) is 10.2 Å². The molecule has 1 atom stereocenters. The number of benzene rings is 2. The molecule has 0 amide bonds. The molecule has 1 heterocycles. The van der Waals surface area contributed by atoms with Crippen LogP contribution in [0.2, 0.25) is 0 Å². The van der Waals surface area contributed by atoms with Crippen molar-refractivity contribution >= 4 is 35.3 Å². The molecule has 0 spiro atoms. The lowest BCUT2D eigenvalue weighted by Crippen LogP contribution is -2.41. The first-order chi connectivity index (χ1) is 14.7. The molecule has 1 aliphatic rings. The number of esters is 1. The van der Waals surface area contributed by atoms with Crippen LogP contribution in [-0.2, 0) is 14.4 Å². The molecular weight excluding hydrogens is 408 g/mol. The van der Waals surface area contributed by atoms with Gasteiger partial charge in [0.15, 0.2) is 5.96 Å². The first kappa shape index (κ1) is 21.3. The molecule has 0 radical (unpaired) electrons. The summed E-state index contributed by atoms with van der Waals surface area (Å²) in [6, 6.07) is 12.3. The summed E-state index contributed by atoms with van der Waals surface area (Å²) in [5.41, 5.74) is 4.71. The van der Waals surface area contributed by atoms with Crippen LogP contribution in [0.5, 0.6) is 5.75 Å². The lowest BCUT2D eigenvalue weighted by atomic mass is 9.91. The Morgan fingerprint density at radius 3 is 2.52 bits per heavy atom. The number of rotatable bonds is 7. The average Bonchev–Trinajstić information content (AvgIpc) is 3.13. The molecule has 0 unspecified atom stereocenters. The van der Waals surface area contributed by atoms with Crippen molar-refractivity contribution in [3.63, 3.8) is 0 Å². The first-order valence-corrected chi connectivity index (χ1v) is 8.92. The minimum atomic E-state index is -1.98. The Bertz CT molecular complexity index is 1080. The molecule has 3 rings (SSSR count). The summed E-state index contributed by atoms with van der Waals surface area (Å²) in [6.45, 7) is 0. The smallest absolute Gasteiger partial charge is 0.351 e. The molecule has 6 N–H and O–H groups in total. The van der Waals surface area contributed by atoms with E-state index < -0.39 is 29.9 Å². The molecule has 0 saturated carbocycles. The number of hydrogen-bond donors (Lipinski definition) is 5. The summed E-state index contributed by atoms with van der Waals surface area (Å²) in [6.07, 6.45) is -1.00. The van der Waals surface area contributed by atoms with Crippen LogP contribution in [0, 0.1) is 5.41 Å². The van der Waals surface area contributed by atoms with Gasteiger partial charge in [-0.15, -0.1) is 0 Å². The number of oxime groups is 1. The summed E-state index contributed by atoms with van der Waals surface area (Å²) < 4.78 is 5.35. The van der Waals surface area contributed by atoms with Gasteiger partial charge in [0.25, 0.3) is 0 Å². The number of carbonyl (C=O) groups is 3. The third-order valence-electron chi connectivity index (χ3n) is 4.39. The fraction of sp³-hybridized carbons (Fsp3) is 0.150. The molecular formula is C20H18N4O7. The third-order valence-corrected chi connectivity index (χ3v) is 4.39. The number of carboxylic acids is 2. The van der Waals surface area contributed by atoms with E-state index >= 15 is 0 Å². The maximum absolute atomic E-state index is 12.4. The second-order valence-electron chi connectivity index (χ2n) is 6.71. The van der Waals surface area contributed by atoms with Crippen molar-refractivity contribution in [2.45, 2.75) is 18.4 Å². The maximum atomic E-state index is 12.4. The Labute approximate surface area is 175 Å². The Kier molecular flexibility index (Phi) is 5.86. The number of guanidine groups is 1. The van der Waals surface area contributed by atoms with Crippen LogP contribution in [0.3, 0.4) is 0 Å². The average molecular weight is 426 g/mol. The van der Waals surface area contributed by atoms with Gasteiger partial charge in [0.05, 0.1) is 17.7 Å². The largest absolute Gasteiger partial charge is 0.481 e. The number of carboxylic acid groups (broad SMARTS) is 2. The molecule has 31 heavy (non-hydrogen) atoms. The van der Waals surface area contributed by atoms with Crippen molar-refractivity contribution in [1.82, 2.24) is 0 Å². The number of ether oxygens (including phenoxy) is 1. The van der Waals surface area contributed by atoms with Crippen LogP contribution in [0.1, 0.15) is 28.8 Å². The molecule has 0 aromatic heterocycles. The molecule has 1 aliphatic heterocycles. The minimum Gasteiger partial charge on any atom is -0.481 e. The Hall–Kier alpha value is -4.41. The summed E-state index contributed by atoms with van der Waals surface area (Å²) in [5, 5.41) is 31.9. The number of anilines is 1. The highest BCUT2D eigenvalue weighted by Crippen LogP contribution is 2.31. The number of carbonyl (C=O) groups excluding carboxylic acids is 1. The van der Waals surface area contributed by atoms with E-state index in [0.717, 1.165) is 0 Å². The molecule has 11 heteroatoms. The molecule has 2 aromatic carbocycles. The monoisotopic (exact) mass is 426 g/mol. The topological polar surface area (TPSA) is 184 Å². The fourth-order valence-electron chi connectivity index (χ4n) is 2.91.